The normalized spacial score (nSPS) is 41.2. The SMILES string of the molecule is CCNC1CCN(C2CCCC2(C)C)C(C)C1C. The van der Waals surface area contributed by atoms with E-state index in [1.807, 2.05) is 0 Å². The Balaban J connectivity index is 2.04. The molecular formula is C16H32N2. The van der Waals surface area contributed by atoms with Gasteiger partial charge in [0.15, 0.2) is 0 Å². The first-order chi connectivity index (χ1) is 8.47. The van der Waals surface area contributed by atoms with Crippen molar-refractivity contribution in [3.63, 3.8) is 0 Å². The van der Waals surface area contributed by atoms with Crippen LogP contribution in [0.2, 0.25) is 0 Å². The highest BCUT2D eigenvalue weighted by molar-refractivity contribution is 4.98. The first-order valence-electron chi connectivity index (χ1n) is 7.96. The smallest absolute Gasteiger partial charge is 0.0149 e. The van der Waals surface area contributed by atoms with Gasteiger partial charge < -0.3 is 5.32 Å². The summed E-state index contributed by atoms with van der Waals surface area (Å²) < 4.78 is 0. The van der Waals surface area contributed by atoms with Crippen molar-refractivity contribution < 1.29 is 0 Å². The molecule has 0 bridgehead atoms. The van der Waals surface area contributed by atoms with E-state index in [0.29, 0.717) is 5.41 Å². The van der Waals surface area contributed by atoms with Gasteiger partial charge in [-0.3, -0.25) is 4.90 Å². The van der Waals surface area contributed by atoms with Crippen LogP contribution >= 0.6 is 0 Å². The van der Waals surface area contributed by atoms with Crippen LogP contribution < -0.4 is 5.32 Å². The van der Waals surface area contributed by atoms with Crippen LogP contribution in [-0.2, 0) is 0 Å². The molecule has 0 radical (unpaired) electrons. The summed E-state index contributed by atoms with van der Waals surface area (Å²) in [5.41, 5.74) is 0.527. The van der Waals surface area contributed by atoms with Gasteiger partial charge in [-0.25, -0.2) is 0 Å². The first-order valence-corrected chi connectivity index (χ1v) is 7.96. The topological polar surface area (TPSA) is 15.3 Å². The minimum Gasteiger partial charge on any atom is -0.314 e. The minimum atomic E-state index is 0.527. The average Bonchev–Trinajstić information content (AvgIpc) is 2.66. The van der Waals surface area contributed by atoms with E-state index < -0.39 is 0 Å². The van der Waals surface area contributed by atoms with Gasteiger partial charge in [0.25, 0.3) is 0 Å². The van der Waals surface area contributed by atoms with Crippen LogP contribution in [0.3, 0.4) is 0 Å². The lowest BCUT2D eigenvalue weighted by atomic mass is 9.80. The van der Waals surface area contributed by atoms with E-state index in [2.05, 4.69) is 44.8 Å². The van der Waals surface area contributed by atoms with Crippen LogP contribution in [0, 0.1) is 11.3 Å². The summed E-state index contributed by atoms with van der Waals surface area (Å²) in [5.74, 6) is 0.773. The number of hydrogen-bond donors (Lipinski definition) is 1. The van der Waals surface area contributed by atoms with Crippen LogP contribution in [0.5, 0.6) is 0 Å². The number of nitrogens with one attached hydrogen (secondary N) is 1. The zero-order valence-electron chi connectivity index (χ0n) is 13.0. The Morgan fingerprint density at radius 1 is 1.22 bits per heavy atom. The number of piperidine rings is 1. The van der Waals surface area contributed by atoms with Gasteiger partial charge >= 0.3 is 0 Å². The second-order valence-electron chi connectivity index (χ2n) is 7.19. The summed E-state index contributed by atoms with van der Waals surface area (Å²) in [4.78, 5) is 2.82. The Labute approximate surface area is 114 Å². The monoisotopic (exact) mass is 252 g/mol. The van der Waals surface area contributed by atoms with Gasteiger partial charge in [0.1, 0.15) is 0 Å². The Morgan fingerprint density at radius 2 is 1.94 bits per heavy atom. The zero-order valence-corrected chi connectivity index (χ0v) is 13.0. The van der Waals surface area contributed by atoms with Crippen molar-refractivity contribution in [1.82, 2.24) is 10.2 Å². The molecule has 2 fully saturated rings. The second kappa shape index (κ2) is 5.50. The number of likely N-dealkylation sites (tertiary alicyclic amines) is 1. The molecule has 0 aromatic carbocycles. The summed E-state index contributed by atoms with van der Waals surface area (Å²) in [6.07, 6.45) is 5.57. The van der Waals surface area contributed by atoms with Crippen molar-refractivity contribution >= 4 is 0 Å². The molecule has 0 aromatic heterocycles. The lowest BCUT2D eigenvalue weighted by Gasteiger charge is -2.49. The highest BCUT2D eigenvalue weighted by atomic mass is 15.2. The van der Waals surface area contributed by atoms with E-state index >= 15 is 0 Å². The Hall–Kier alpha value is -0.0800. The summed E-state index contributed by atoms with van der Waals surface area (Å²) in [6, 6.07) is 2.27. The lowest BCUT2D eigenvalue weighted by molar-refractivity contribution is 0.0111. The third-order valence-electron chi connectivity index (χ3n) is 5.68. The molecule has 0 aromatic rings. The molecule has 106 valence electrons. The Kier molecular flexibility index (Phi) is 4.38. The summed E-state index contributed by atoms with van der Waals surface area (Å²) >= 11 is 0. The van der Waals surface area contributed by atoms with Gasteiger partial charge in [-0.15, -0.1) is 0 Å². The fraction of sp³-hybridized carbons (Fsp3) is 1.00. The number of hydrogen-bond acceptors (Lipinski definition) is 2. The largest absolute Gasteiger partial charge is 0.314 e. The molecule has 0 spiro atoms. The second-order valence-corrected chi connectivity index (χ2v) is 7.19. The highest BCUT2D eigenvalue weighted by Crippen LogP contribution is 2.43. The fourth-order valence-electron chi connectivity index (χ4n) is 4.31. The highest BCUT2D eigenvalue weighted by Gasteiger charge is 2.43. The maximum atomic E-state index is 3.67. The van der Waals surface area contributed by atoms with Crippen molar-refractivity contribution in [2.24, 2.45) is 11.3 Å². The van der Waals surface area contributed by atoms with Gasteiger partial charge in [0.05, 0.1) is 0 Å². The quantitative estimate of drug-likeness (QED) is 0.829. The number of rotatable bonds is 3. The molecule has 2 aliphatic rings. The van der Waals surface area contributed by atoms with E-state index in [-0.39, 0.29) is 0 Å². The molecule has 1 saturated carbocycles. The molecule has 1 heterocycles. The Bertz CT molecular complexity index is 274. The van der Waals surface area contributed by atoms with Gasteiger partial charge in [-0.2, -0.15) is 0 Å². The van der Waals surface area contributed by atoms with Crippen molar-refractivity contribution in [2.45, 2.75) is 78.4 Å². The molecule has 1 N–H and O–H groups in total. The minimum absolute atomic E-state index is 0.527. The van der Waals surface area contributed by atoms with Crippen LogP contribution in [0.15, 0.2) is 0 Å². The molecule has 1 aliphatic heterocycles. The van der Waals surface area contributed by atoms with E-state index in [9.17, 15) is 0 Å². The number of nitrogens with zero attached hydrogens (tertiary/aromatic N) is 1. The van der Waals surface area contributed by atoms with E-state index in [0.717, 1.165) is 30.6 Å². The van der Waals surface area contributed by atoms with Gasteiger partial charge in [0, 0.05) is 24.7 Å². The lowest BCUT2D eigenvalue weighted by Crippen LogP contribution is -2.58. The average molecular weight is 252 g/mol. The molecule has 1 saturated heterocycles. The van der Waals surface area contributed by atoms with Crippen molar-refractivity contribution in [3.05, 3.63) is 0 Å². The molecule has 2 nitrogen and oxygen atoms in total. The summed E-state index contributed by atoms with van der Waals surface area (Å²) in [6.45, 7) is 14.4. The molecule has 1 aliphatic carbocycles. The summed E-state index contributed by atoms with van der Waals surface area (Å²) in [5, 5.41) is 3.67. The van der Waals surface area contributed by atoms with E-state index in [1.54, 1.807) is 0 Å². The summed E-state index contributed by atoms with van der Waals surface area (Å²) in [7, 11) is 0. The first kappa shape index (κ1) is 14.3. The standard InChI is InChI=1S/C16H32N2/c1-6-17-14-9-11-18(13(3)12(14)2)15-8-7-10-16(15,4)5/h12-15,17H,6-11H2,1-5H3. The maximum absolute atomic E-state index is 3.67. The molecule has 2 rings (SSSR count). The van der Waals surface area contributed by atoms with Crippen molar-refractivity contribution in [2.75, 3.05) is 13.1 Å². The van der Waals surface area contributed by atoms with E-state index in [1.165, 1.54) is 32.2 Å². The van der Waals surface area contributed by atoms with E-state index in [4.69, 9.17) is 0 Å². The van der Waals surface area contributed by atoms with Gasteiger partial charge in [0.2, 0.25) is 0 Å². The van der Waals surface area contributed by atoms with Gasteiger partial charge in [-0.1, -0.05) is 34.1 Å². The van der Waals surface area contributed by atoms with Crippen LogP contribution in [0.25, 0.3) is 0 Å². The molecule has 0 amide bonds. The Morgan fingerprint density at radius 3 is 2.50 bits per heavy atom. The maximum Gasteiger partial charge on any atom is 0.0149 e. The van der Waals surface area contributed by atoms with Crippen LogP contribution in [0.1, 0.15) is 60.3 Å². The predicted molar refractivity (Wildman–Crippen MR) is 78.8 cm³/mol. The van der Waals surface area contributed by atoms with Gasteiger partial charge in [-0.05, 0) is 44.1 Å². The predicted octanol–water partition coefficient (Wildman–Crippen LogP) is 3.27. The third-order valence-corrected chi connectivity index (χ3v) is 5.68. The third kappa shape index (κ3) is 2.60. The molecule has 2 heteroatoms. The van der Waals surface area contributed by atoms with Crippen LogP contribution in [0.4, 0.5) is 0 Å². The molecule has 4 unspecified atom stereocenters. The van der Waals surface area contributed by atoms with Crippen molar-refractivity contribution in [3.8, 4) is 0 Å². The molecule has 4 atom stereocenters. The fourth-order valence-corrected chi connectivity index (χ4v) is 4.31. The van der Waals surface area contributed by atoms with Crippen molar-refractivity contribution in [1.29, 1.82) is 0 Å². The van der Waals surface area contributed by atoms with Crippen LogP contribution in [-0.4, -0.2) is 36.1 Å². The molecular weight excluding hydrogens is 220 g/mol. The molecule has 18 heavy (non-hydrogen) atoms. The zero-order chi connectivity index (χ0) is 13.3.